The fourth-order valence-electron chi connectivity index (χ4n) is 6.04. The van der Waals surface area contributed by atoms with Crippen LogP contribution in [0.25, 0.3) is 5.82 Å². The number of aromatic nitrogens is 5. The molecule has 268 valence electrons. The SMILES string of the molecule is Cc1nn(CCCC2CN(C(=O)OC(C)(C)C)C(C)(C)C2)cc1SNC(=O)c1ccc(-n2ccc(OCCC3(C(F)(F)F)CC3)n2)nc1Cl. The van der Waals surface area contributed by atoms with E-state index in [0.717, 1.165) is 41.8 Å². The monoisotopic (exact) mass is 725 g/mol. The number of ether oxygens (including phenoxy) is 2. The molecule has 2 aliphatic rings. The molecule has 0 radical (unpaired) electrons. The Balaban J connectivity index is 1.08. The third-order valence-electron chi connectivity index (χ3n) is 8.89. The van der Waals surface area contributed by atoms with Gasteiger partial charge in [0.05, 0.1) is 28.2 Å². The minimum Gasteiger partial charge on any atom is -0.477 e. The quantitative estimate of drug-likeness (QED) is 0.149. The first kappa shape index (κ1) is 36.8. The molecule has 16 heteroatoms. The lowest BCUT2D eigenvalue weighted by atomic mass is 9.93. The smallest absolute Gasteiger partial charge is 0.410 e. The molecule has 5 rings (SSSR count). The largest absolute Gasteiger partial charge is 0.477 e. The molecule has 11 nitrogen and oxygen atoms in total. The molecule has 1 saturated carbocycles. The third-order valence-corrected chi connectivity index (χ3v) is 10.1. The molecular formula is C33H43ClF3N7O4S. The van der Waals surface area contributed by atoms with Gasteiger partial charge in [-0.1, -0.05) is 11.6 Å². The number of likely N-dealkylation sites (tertiary alicyclic amines) is 1. The van der Waals surface area contributed by atoms with Crippen molar-refractivity contribution >= 4 is 35.5 Å². The van der Waals surface area contributed by atoms with Crippen molar-refractivity contribution < 1.29 is 32.2 Å². The van der Waals surface area contributed by atoms with Gasteiger partial charge in [0.15, 0.2) is 5.82 Å². The number of halogens is 4. The Labute approximate surface area is 293 Å². The predicted octanol–water partition coefficient (Wildman–Crippen LogP) is 7.79. The minimum atomic E-state index is -4.23. The van der Waals surface area contributed by atoms with E-state index >= 15 is 0 Å². The summed E-state index contributed by atoms with van der Waals surface area (Å²) in [6.07, 6.45) is 1.80. The van der Waals surface area contributed by atoms with Crippen molar-refractivity contribution in [2.24, 2.45) is 11.3 Å². The number of nitrogens with one attached hydrogen (secondary N) is 1. The highest BCUT2D eigenvalue weighted by atomic mass is 35.5. The Morgan fingerprint density at radius 2 is 1.88 bits per heavy atom. The first-order valence-corrected chi connectivity index (χ1v) is 17.5. The molecule has 0 bridgehead atoms. The summed E-state index contributed by atoms with van der Waals surface area (Å²) in [5.41, 5.74) is -1.51. The van der Waals surface area contributed by atoms with Gasteiger partial charge in [-0.3, -0.25) is 14.2 Å². The lowest BCUT2D eigenvalue weighted by Crippen LogP contribution is -2.45. The van der Waals surface area contributed by atoms with Crippen LogP contribution in [0.4, 0.5) is 18.0 Å². The topological polar surface area (TPSA) is 116 Å². The lowest BCUT2D eigenvalue weighted by molar-refractivity contribution is -0.190. The number of hydrogen-bond acceptors (Lipinski definition) is 8. The van der Waals surface area contributed by atoms with E-state index in [1.165, 1.54) is 16.8 Å². The van der Waals surface area contributed by atoms with Crippen molar-refractivity contribution in [3.63, 3.8) is 0 Å². The number of aryl methyl sites for hydroxylation is 2. The Bertz CT molecular complexity index is 1670. The molecule has 49 heavy (non-hydrogen) atoms. The molecule has 1 unspecified atom stereocenters. The maximum atomic E-state index is 13.1. The summed E-state index contributed by atoms with van der Waals surface area (Å²) >= 11 is 7.49. The summed E-state index contributed by atoms with van der Waals surface area (Å²) in [4.78, 5) is 32.6. The van der Waals surface area contributed by atoms with Crippen molar-refractivity contribution in [2.45, 2.75) is 109 Å². The molecule has 2 amide bonds. The van der Waals surface area contributed by atoms with Gasteiger partial charge in [0.2, 0.25) is 5.88 Å². The van der Waals surface area contributed by atoms with Gasteiger partial charge in [-0.2, -0.15) is 18.3 Å². The molecule has 1 N–H and O–H groups in total. The zero-order chi connectivity index (χ0) is 35.8. The maximum Gasteiger partial charge on any atom is 0.410 e. The van der Waals surface area contributed by atoms with Crippen molar-refractivity contribution in [3.05, 3.63) is 47.0 Å². The average Bonchev–Trinajstić information content (AvgIpc) is 3.34. The summed E-state index contributed by atoms with van der Waals surface area (Å²) in [5, 5.41) is 8.77. The number of hydrogen-bond donors (Lipinski definition) is 1. The summed E-state index contributed by atoms with van der Waals surface area (Å²) in [7, 11) is 0. The molecule has 3 aromatic rings. The summed E-state index contributed by atoms with van der Waals surface area (Å²) in [6, 6.07) is 4.61. The van der Waals surface area contributed by atoms with E-state index in [-0.39, 0.29) is 54.1 Å². The summed E-state index contributed by atoms with van der Waals surface area (Å²) < 4.78 is 56.5. The van der Waals surface area contributed by atoms with E-state index < -0.39 is 23.1 Å². The normalized spacial score (nSPS) is 18.4. The van der Waals surface area contributed by atoms with Gasteiger partial charge in [-0.05, 0) is 110 Å². The minimum absolute atomic E-state index is 0.0397. The number of carbonyl (C=O) groups excluding carboxylic acids is 2. The molecule has 3 aromatic heterocycles. The second-order valence-corrected chi connectivity index (χ2v) is 15.7. The Morgan fingerprint density at radius 3 is 2.53 bits per heavy atom. The van der Waals surface area contributed by atoms with Crippen LogP contribution in [-0.2, 0) is 11.3 Å². The Hall–Kier alpha value is -3.46. The van der Waals surface area contributed by atoms with Gasteiger partial charge in [0.25, 0.3) is 5.91 Å². The number of amides is 2. The van der Waals surface area contributed by atoms with Crippen LogP contribution in [-0.4, -0.2) is 71.9 Å². The highest BCUT2D eigenvalue weighted by molar-refractivity contribution is 7.98. The highest BCUT2D eigenvalue weighted by Crippen LogP contribution is 2.59. The van der Waals surface area contributed by atoms with Crippen LogP contribution in [0.3, 0.4) is 0 Å². The molecule has 2 fully saturated rings. The van der Waals surface area contributed by atoms with Crippen LogP contribution in [0.5, 0.6) is 5.88 Å². The van der Waals surface area contributed by atoms with Gasteiger partial charge >= 0.3 is 12.3 Å². The third kappa shape index (κ3) is 9.02. The van der Waals surface area contributed by atoms with Crippen LogP contribution in [0.15, 0.2) is 35.5 Å². The second-order valence-electron chi connectivity index (χ2n) is 14.5. The molecule has 1 saturated heterocycles. The molecule has 1 aliphatic heterocycles. The molecular weight excluding hydrogens is 683 g/mol. The fourth-order valence-corrected chi connectivity index (χ4v) is 6.95. The van der Waals surface area contributed by atoms with Gasteiger partial charge in [0.1, 0.15) is 10.8 Å². The van der Waals surface area contributed by atoms with Crippen LogP contribution < -0.4 is 9.46 Å². The molecule has 4 heterocycles. The van der Waals surface area contributed by atoms with Crippen molar-refractivity contribution in [1.29, 1.82) is 0 Å². The van der Waals surface area contributed by atoms with Gasteiger partial charge in [-0.25, -0.2) is 14.5 Å². The van der Waals surface area contributed by atoms with E-state index in [0.29, 0.717) is 24.8 Å². The van der Waals surface area contributed by atoms with Crippen molar-refractivity contribution in [3.8, 4) is 11.7 Å². The van der Waals surface area contributed by atoms with Crippen molar-refractivity contribution in [1.82, 2.24) is 34.2 Å². The first-order chi connectivity index (χ1) is 22.9. The van der Waals surface area contributed by atoms with Crippen LogP contribution in [0.2, 0.25) is 5.15 Å². The summed E-state index contributed by atoms with van der Waals surface area (Å²) in [5.74, 6) is 0.404. The van der Waals surface area contributed by atoms with E-state index in [9.17, 15) is 22.8 Å². The van der Waals surface area contributed by atoms with E-state index in [4.69, 9.17) is 21.1 Å². The number of pyridine rings is 1. The summed E-state index contributed by atoms with van der Waals surface area (Å²) in [6.45, 7) is 12.9. The maximum absolute atomic E-state index is 13.1. The average molecular weight is 726 g/mol. The number of nitrogens with zero attached hydrogens (tertiary/aromatic N) is 6. The van der Waals surface area contributed by atoms with Crippen LogP contribution in [0, 0.1) is 18.3 Å². The lowest BCUT2D eigenvalue weighted by Gasteiger charge is -2.33. The van der Waals surface area contributed by atoms with E-state index in [1.807, 2.05) is 43.5 Å². The highest BCUT2D eigenvalue weighted by Gasteiger charge is 2.62. The number of rotatable bonds is 12. The van der Waals surface area contributed by atoms with Crippen LogP contribution >= 0.6 is 23.5 Å². The zero-order valence-electron chi connectivity index (χ0n) is 28.6. The fraction of sp³-hybridized carbons (Fsp3) is 0.606. The standard InChI is InChI=1S/C33H43ClF3N7O4S/c1-21-24(20-42(39-21)15-7-8-22-18-31(5,6)43(19-22)29(46)48-30(2,3)4)49-41-28(45)23-9-10-25(38-27(23)34)44-16-11-26(40-44)47-17-14-32(12-13-32)33(35,36)37/h9-11,16,20,22H,7-8,12-15,17-19H2,1-6H3,(H,41,45). The molecule has 0 spiro atoms. The van der Waals surface area contributed by atoms with Gasteiger partial charge < -0.3 is 14.4 Å². The predicted molar refractivity (Wildman–Crippen MR) is 179 cm³/mol. The van der Waals surface area contributed by atoms with E-state index in [1.54, 1.807) is 12.3 Å². The van der Waals surface area contributed by atoms with E-state index in [2.05, 4.69) is 33.8 Å². The van der Waals surface area contributed by atoms with Gasteiger partial charge in [-0.15, -0.1) is 5.10 Å². The van der Waals surface area contributed by atoms with Crippen LogP contribution in [0.1, 0.15) is 89.2 Å². The Kier molecular flexibility index (Phi) is 10.6. The molecule has 1 atom stereocenters. The van der Waals surface area contributed by atoms with Gasteiger partial charge in [0, 0.05) is 37.1 Å². The second kappa shape index (κ2) is 14.0. The first-order valence-electron chi connectivity index (χ1n) is 16.3. The molecule has 1 aliphatic carbocycles. The number of carbonyl (C=O) groups is 2. The molecule has 0 aromatic carbocycles. The zero-order valence-corrected chi connectivity index (χ0v) is 30.1. The van der Waals surface area contributed by atoms with Crippen molar-refractivity contribution in [2.75, 3.05) is 13.2 Å². The number of alkyl halides is 3. The Morgan fingerprint density at radius 1 is 1.14 bits per heavy atom.